The fourth-order valence-electron chi connectivity index (χ4n) is 1.45. The maximum absolute atomic E-state index is 11.5. The molecule has 1 aromatic rings. The van der Waals surface area contributed by atoms with Crippen LogP contribution in [0.5, 0.6) is 0 Å². The summed E-state index contributed by atoms with van der Waals surface area (Å²) in [6, 6.07) is 0. The number of carbonyl (C=O) groups is 1. The van der Waals surface area contributed by atoms with E-state index in [4.69, 9.17) is 10.5 Å². The lowest BCUT2D eigenvalue weighted by molar-refractivity contribution is 0.0521. The molecule has 0 spiro atoms. The minimum absolute atomic E-state index is 0.126. The van der Waals surface area contributed by atoms with Crippen LogP contribution in [0.25, 0.3) is 0 Å². The van der Waals surface area contributed by atoms with Crippen molar-refractivity contribution in [2.45, 2.75) is 40.7 Å². The molecule has 5 nitrogen and oxygen atoms in total. The van der Waals surface area contributed by atoms with E-state index in [1.165, 1.54) is 0 Å². The van der Waals surface area contributed by atoms with Gasteiger partial charge in [0.25, 0.3) is 0 Å². The van der Waals surface area contributed by atoms with Crippen LogP contribution in [0, 0.1) is 5.41 Å². The summed E-state index contributed by atoms with van der Waals surface area (Å²) in [6.07, 6.45) is 2.62. The van der Waals surface area contributed by atoms with Crippen molar-refractivity contribution >= 4 is 11.8 Å². The number of rotatable bonds is 5. The fourth-order valence-corrected chi connectivity index (χ4v) is 1.45. The summed E-state index contributed by atoms with van der Waals surface area (Å²) in [4.78, 5) is 15.6. The van der Waals surface area contributed by atoms with Crippen LogP contribution in [0.2, 0.25) is 0 Å². The minimum atomic E-state index is -0.460. The van der Waals surface area contributed by atoms with E-state index in [0.29, 0.717) is 12.4 Å². The van der Waals surface area contributed by atoms with Gasteiger partial charge in [0.1, 0.15) is 5.82 Å². The van der Waals surface area contributed by atoms with Gasteiger partial charge >= 0.3 is 5.97 Å². The van der Waals surface area contributed by atoms with Crippen molar-refractivity contribution in [2.24, 2.45) is 5.41 Å². The Kier molecular flexibility index (Phi) is 4.15. The summed E-state index contributed by atoms with van der Waals surface area (Å²) < 4.78 is 6.69. The van der Waals surface area contributed by atoms with E-state index in [-0.39, 0.29) is 11.1 Å². The van der Waals surface area contributed by atoms with Gasteiger partial charge in [-0.05, 0) is 18.8 Å². The van der Waals surface area contributed by atoms with Crippen LogP contribution in [0.15, 0.2) is 6.33 Å². The second-order valence-corrected chi connectivity index (χ2v) is 4.84. The molecule has 5 heteroatoms. The number of hydrogen-bond donors (Lipinski definition) is 1. The number of imidazole rings is 1. The van der Waals surface area contributed by atoms with E-state index in [1.807, 2.05) is 0 Å². The number of nitrogens with two attached hydrogens (primary N) is 1. The van der Waals surface area contributed by atoms with Crippen molar-refractivity contribution in [1.82, 2.24) is 9.55 Å². The van der Waals surface area contributed by atoms with Crippen LogP contribution in [-0.4, -0.2) is 22.1 Å². The molecule has 0 radical (unpaired) electrons. The first-order chi connectivity index (χ1) is 7.91. The number of anilines is 1. The molecule has 0 aromatic carbocycles. The Morgan fingerprint density at radius 3 is 2.71 bits per heavy atom. The molecule has 1 aromatic heterocycles. The molecule has 0 aliphatic rings. The zero-order valence-electron chi connectivity index (χ0n) is 11.0. The highest BCUT2D eigenvalue weighted by molar-refractivity contribution is 5.92. The third-order valence-electron chi connectivity index (χ3n) is 2.90. The van der Waals surface area contributed by atoms with Gasteiger partial charge in [-0.25, -0.2) is 9.78 Å². The molecule has 1 heterocycles. The summed E-state index contributed by atoms with van der Waals surface area (Å²) in [5, 5.41) is 0. The number of carbonyl (C=O) groups excluding carboxylic acids is 1. The Morgan fingerprint density at radius 2 is 2.18 bits per heavy atom. The van der Waals surface area contributed by atoms with Gasteiger partial charge < -0.3 is 15.0 Å². The van der Waals surface area contributed by atoms with Gasteiger partial charge in [0.2, 0.25) is 0 Å². The van der Waals surface area contributed by atoms with Crippen molar-refractivity contribution in [3.05, 3.63) is 12.0 Å². The number of nitrogen functional groups attached to an aromatic ring is 1. The van der Waals surface area contributed by atoms with Crippen molar-refractivity contribution in [1.29, 1.82) is 0 Å². The molecular weight excluding hydrogens is 218 g/mol. The second kappa shape index (κ2) is 5.21. The fraction of sp³-hybridized carbons (Fsp3) is 0.667. The number of esters is 1. The summed E-state index contributed by atoms with van der Waals surface area (Å²) in [6.45, 7) is 9.24. The highest BCUT2D eigenvalue weighted by Gasteiger charge is 2.21. The van der Waals surface area contributed by atoms with Gasteiger partial charge in [-0.3, -0.25) is 0 Å². The van der Waals surface area contributed by atoms with E-state index in [1.54, 1.807) is 17.8 Å². The summed E-state index contributed by atoms with van der Waals surface area (Å²) in [7, 11) is 0. The van der Waals surface area contributed by atoms with E-state index in [0.717, 1.165) is 13.0 Å². The van der Waals surface area contributed by atoms with Crippen molar-refractivity contribution in [3.8, 4) is 0 Å². The molecule has 0 aliphatic carbocycles. The molecule has 96 valence electrons. The van der Waals surface area contributed by atoms with Crippen LogP contribution in [0.3, 0.4) is 0 Å². The lowest BCUT2D eigenvalue weighted by Gasteiger charge is -2.23. The van der Waals surface area contributed by atoms with Gasteiger partial charge in [0.05, 0.1) is 12.9 Å². The Hall–Kier alpha value is -1.52. The minimum Gasteiger partial charge on any atom is -0.461 e. The standard InChI is InChI=1S/C12H21N3O2/c1-5-12(3,4)7-15-8-14-9(10(15)13)11(16)17-6-2/h8H,5-7,13H2,1-4H3. The molecule has 0 saturated carbocycles. The SMILES string of the molecule is CCOC(=O)c1ncn(CC(C)(C)CC)c1N. The Morgan fingerprint density at radius 1 is 1.53 bits per heavy atom. The maximum atomic E-state index is 11.5. The highest BCUT2D eigenvalue weighted by atomic mass is 16.5. The molecule has 0 saturated heterocycles. The highest BCUT2D eigenvalue weighted by Crippen LogP contribution is 2.24. The lowest BCUT2D eigenvalue weighted by atomic mass is 9.90. The van der Waals surface area contributed by atoms with Crippen molar-refractivity contribution in [3.63, 3.8) is 0 Å². The van der Waals surface area contributed by atoms with Gasteiger partial charge in [-0.15, -0.1) is 0 Å². The van der Waals surface area contributed by atoms with Crippen LogP contribution >= 0.6 is 0 Å². The number of hydrogen-bond acceptors (Lipinski definition) is 4. The summed E-state index contributed by atoms with van der Waals surface area (Å²) in [5.74, 6) is -0.0805. The molecular formula is C12H21N3O2. The van der Waals surface area contributed by atoms with Crippen molar-refractivity contribution in [2.75, 3.05) is 12.3 Å². The topological polar surface area (TPSA) is 70.1 Å². The molecule has 0 bridgehead atoms. The quantitative estimate of drug-likeness (QED) is 0.799. The monoisotopic (exact) mass is 239 g/mol. The largest absolute Gasteiger partial charge is 0.461 e. The second-order valence-electron chi connectivity index (χ2n) is 4.84. The van der Waals surface area contributed by atoms with Gasteiger partial charge in [0, 0.05) is 6.54 Å². The summed E-state index contributed by atoms with van der Waals surface area (Å²) in [5.41, 5.74) is 6.23. The molecule has 0 atom stereocenters. The molecule has 1 rings (SSSR count). The van der Waals surface area contributed by atoms with Gasteiger partial charge in [-0.1, -0.05) is 20.8 Å². The van der Waals surface area contributed by atoms with Gasteiger partial charge in [-0.2, -0.15) is 0 Å². The number of aromatic nitrogens is 2. The van der Waals surface area contributed by atoms with Crippen LogP contribution in [0.4, 0.5) is 5.82 Å². The van der Waals surface area contributed by atoms with E-state index in [2.05, 4.69) is 25.8 Å². The van der Waals surface area contributed by atoms with E-state index < -0.39 is 5.97 Å². The third-order valence-corrected chi connectivity index (χ3v) is 2.90. The zero-order chi connectivity index (χ0) is 13.1. The first kappa shape index (κ1) is 13.5. The molecule has 2 N–H and O–H groups in total. The predicted octanol–water partition coefficient (Wildman–Crippen LogP) is 2.08. The number of nitrogens with zero attached hydrogens (tertiary/aromatic N) is 2. The molecule has 0 aliphatic heterocycles. The summed E-state index contributed by atoms with van der Waals surface area (Å²) >= 11 is 0. The molecule has 17 heavy (non-hydrogen) atoms. The first-order valence-corrected chi connectivity index (χ1v) is 5.89. The third kappa shape index (κ3) is 3.22. The average Bonchev–Trinajstić information content (AvgIpc) is 2.60. The van der Waals surface area contributed by atoms with Crippen LogP contribution in [0.1, 0.15) is 44.6 Å². The van der Waals surface area contributed by atoms with Crippen LogP contribution in [-0.2, 0) is 11.3 Å². The first-order valence-electron chi connectivity index (χ1n) is 5.89. The molecule has 0 unspecified atom stereocenters. The Labute approximate surface area is 102 Å². The zero-order valence-corrected chi connectivity index (χ0v) is 11.0. The Balaban J connectivity index is 2.88. The Bertz CT molecular complexity index is 396. The van der Waals surface area contributed by atoms with Crippen LogP contribution < -0.4 is 5.73 Å². The average molecular weight is 239 g/mol. The smallest absolute Gasteiger partial charge is 0.360 e. The maximum Gasteiger partial charge on any atom is 0.360 e. The van der Waals surface area contributed by atoms with E-state index >= 15 is 0 Å². The lowest BCUT2D eigenvalue weighted by Crippen LogP contribution is -2.20. The van der Waals surface area contributed by atoms with Crippen molar-refractivity contribution < 1.29 is 9.53 Å². The van der Waals surface area contributed by atoms with E-state index in [9.17, 15) is 4.79 Å². The normalized spacial score (nSPS) is 11.5. The number of ether oxygens (including phenoxy) is 1. The van der Waals surface area contributed by atoms with Gasteiger partial charge in [0.15, 0.2) is 5.69 Å². The molecule has 0 fully saturated rings. The predicted molar refractivity (Wildman–Crippen MR) is 66.7 cm³/mol. The molecule has 0 amide bonds.